The Hall–Kier alpha value is -1.18. The van der Waals surface area contributed by atoms with Gasteiger partial charge < -0.3 is 9.47 Å². The summed E-state index contributed by atoms with van der Waals surface area (Å²) in [5.74, 6) is 2.27. The van der Waals surface area contributed by atoms with Crippen molar-refractivity contribution in [3.8, 4) is 11.5 Å². The van der Waals surface area contributed by atoms with Crippen molar-refractivity contribution in [1.82, 2.24) is 0 Å². The second kappa shape index (κ2) is 4.00. The molecule has 0 N–H and O–H groups in total. The van der Waals surface area contributed by atoms with Crippen molar-refractivity contribution in [2.45, 2.75) is 40.0 Å². The summed E-state index contributed by atoms with van der Waals surface area (Å²) in [6, 6.07) is 6.28. The molecule has 0 spiro atoms. The fraction of sp³-hybridized carbons (Fsp3) is 0.571. The molecular weight excluding hydrogens is 200 g/mol. The van der Waals surface area contributed by atoms with Gasteiger partial charge in [0.05, 0.1) is 0 Å². The van der Waals surface area contributed by atoms with Gasteiger partial charge in [0.15, 0.2) is 11.5 Å². The maximum Gasteiger partial charge on any atom is 0.231 e. The zero-order chi connectivity index (χ0) is 11.8. The van der Waals surface area contributed by atoms with Gasteiger partial charge in [0.2, 0.25) is 6.79 Å². The van der Waals surface area contributed by atoms with Crippen LogP contribution in [0.5, 0.6) is 11.5 Å². The van der Waals surface area contributed by atoms with Crippen LogP contribution in [0.25, 0.3) is 0 Å². The zero-order valence-electron chi connectivity index (χ0n) is 10.5. The van der Waals surface area contributed by atoms with E-state index >= 15 is 0 Å². The predicted molar refractivity (Wildman–Crippen MR) is 65.1 cm³/mol. The van der Waals surface area contributed by atoms with Gasteiger partial charge in [0.1, 0.15) is 0 Å². The Labute approximate surface area is 97.6 Å². The molecule has 88 valence electrons. The summed E-state index contributed by atoms with van der Waals surface area (Å²) in [6.07, 6.45) is 1.17. The highest BCUT2D eigenvalue weighted by molar-refractivity contribution is 5.45. The predicted octanol–water partition coefficient (Wildman–Crippen LogP) is 3.96. The first-order valence-corrected chi connectivity index (χ1v) is 5.94. The summed E-state index contributed by atoms with van der Waals surface area (Å²) in [6.45, 7) is 9.49. The maximum atomic E-state index is 5.41. The Bertz CT molecular complexity index is 382. The molecule has 0 aromatic heterocycles. The average molecular weight is 220 g/mol. The van der Waals surface area contributed by atoms with Gasteiger partial charge in [-0.2, -0.15) is 0 Å². The lowest BCUT2D eigenvalue weighted by Gasteiger charge is -2.31. The van der Waals surface area contributed by atoms with E-state index in [-0.39, 0.29) is 0 Å². The molecule has 2 heteroatoms. The van der Waals surface area contributed by atoms with Crippen LogP contribution in [0.3, 0.4) is 0 Å². The minimum atomic E-state index is 0.313. The molecular formula is C14H20O2. The second-order valence-corrected chi connectivity index (χ2v) is 5.18. The van der Waals surface area contributed by atoms with Crippen LogP contribution in [-0.4, -0.2) is 6.79 Å². The number of benzene rings is 1. The van der Waals surface area contributed by atoms with Gasteiger partial charge >= 0.3 is 0 Å². The summed E-state index contributed by atoms with van der Waals surface area (Å²) < 4.78 is 10.7. The average Bonchev–Trinajstić information content (AvgIpc) is 2.74. The van der Waals surface area contributed by atoms with E-state index in [1.54, 1.807) is 0 Å². The molecule has 0 bridgehead atoms. The summed E-state index contributed by atoms with van der Waals surface area (Å²) in [5, 5.41) is 0. The number of hydrogen-bond donors (Lipinski definition) is 0. The number of rotatable bonds is 3. The fourth-order valence-corrected chi connectivity index (χ4v) is 1.94. The van der Waals surface area contributed by atoms with Crippen molar-refractivity contribution in [1.29, 1.82) is 0 Å². The van der Waals surface area contributed by atoms with Gasteiger partial charge in [-0.15, -0.1) is 0 Å². The largest absolute Gasteiger partial charge is 0.454 e. The lowest BCUT2D eigenvalue weighted by molar-refractivity contribution is 0.174. The van der Waals surface area contributed by atoms with Crippen molar-refractivity contribution in [3.05, 3.63) is 23.8 Å². The van der Waals surface area contributed by atoms with Crippen molar-refractivity contribution in [2.75, 3.05) is 6.79 Å². The smallest absolute Gasteiger partial charge is 0.231 e. The fourth-order valence-electron chi connectivity index (χ4n) is 1.94. The second-order valence-electron chi connectivity index (χ2n) is 5.18. The lowest BCUT2D eigenvalue weighted by atomic mass is 9.74. The van der Waals surface area contributed by atoms with E-state index in [4.69, 9.17) is 9.47 Å². The highest BCUT2D eigenvalue weighted by atomic mass is 16.7. The lowest BCUT2D eigenvalue weighted by Crippen LogP contribution is -2.18. The van der Waals surface area contributed by atoms with Crippen LogP contribution in [0.15, 0.2) is 18.2 Å². The molecule has 2 rings (SSSR count). The van der Waals surface area contributed by atoms with E-state index in [1.165, 1.54) is 12.0 Å². The molecule has 0 aliphatic carbocycles. The van der Waals surface area contributed by atoms with E-state index in [9.17, 15) is 0 Å². The Morgan fingerprint density at radius 3 is 2.62 bits per heavy atom. The number of ether oxygens (including phenoxy) is 2. The van der Waals surface area contributed by atoms with E-state index in [2.05, 4.69) is 39.8 Å². The molecule has 0 fully saturated rings. The molecule has 0 amide bonds. The van der Waals surface area contributed by atoms with Crippen molar-refractivity contribution in [2.24, 2.45) is 5.41 Å². The van der Waals surface area contributed by atoms with E-state index in [0.717, 1.165) is 11.5 Å². The minimum Gasteiger partial charge on any atom is -0.454 e. The molecule has 16 heavy (non-hydrogen) atoms. The van der Waals surface area contributed by atoms with Gasteiger partial charge in [0.25, 0.3) is 0 Å². The molecule has 0 saturated carbocycles. The molecule has 0 radical (unpaired) electrons. The Balaban J connectivity index is 2.28. The molecule has 1 aromatic carbocycles. The van der Waals surface area contributed by atoms with Crippen LogP contribution in [0, 0.1) is 5.41 Å². The van der Waals surface area contributed by atoms with E-state index in [0.29, 0.717) is 18.1 Å². The molecule has 1 aliphatic rings. The van der Waals surface area contributed by atoms with Crippen molar-refractivity contribution < 1.29 is 9.47 Å². The topological polar surface area (TPSA) is 18.5 Å². The molecule has 1 atom stereocenters. The monoisotopic (exact) mass is 220 g/mol. The van der Waals surface area contributed by atoms with E-state index < -0.39 is 0 Å². The van der Waals surface area contributed by atoms with Crippen LogP contribution in [0.1, 0.15) is 45.6 Å². The van der Waals surface area contributed by atoms with Crippen LogP contribution in [0.4, 0.5) is 0 Å². The first-order valence-electron chi connectivity index (χ1n) is 5.94. The Kier molecular flexibility index (Phi) is 2.83. The van der Waals surface area contributed by atoms with Crippen molar-refractivity contribution >= 4 is 0 Å². The summed E-state index contributed by atoms with van der Waals surface area (Å²) in [7, 11) is 0. The molecule has 0 saturated heterocycles. The van der Waals surface area contributed by atoms with E-state index in [1.807, 2.05) is 6.07 Å². The van der Waals surface area contributed by atoms with Crippen molar-refractivity contribution in [3.63, 3.8) is 0 Å². The van der Waals surface area contributed by atoms with Crippen LogP contribution in [-0.2, 0) is 0 Å². The van der Waals surface area contributed by atoms with Crippen LogP contribution in [0.2, 0.25) is 0 Å². The van der Waals surface area contributed by atoms with Gasteiger partial charge in [-0.25, -0.2) is 0 Å². The summed E-state index contributed by atoms with van der Waals surface area (Å²) in [5.41, 5.74) is 1.64. The standard InChI is InChI=1S/C14H20O2/c1-5-14(3,4)10(2)11-6-7-12-13(8-11)16-9-15-12/h6-8,10H,5,9H2,1-4H3. The third kappa shape index (κ3) is 1.89. The number of fused-ring (bicyclic) bond motifs is 1. The molecule has 1 unspecified atom stereocenters. The quantitative estimate of drug-likeness (QED) is 0.767. The highest BCUT2D eigenvalue weighted by Gasteiger charge is 2.26. The summed E-state index contributed by atoms with van der Waals surface area (Å²) in [4.78, 5) is 0. The van der Waals surface area contributed by atoms with Gasteiger partial charge in [-0.05, 0) is 29.0 Å². The minimum absolute atomic E-state index is 0.313. The third-order valence-electron chi connectivity index (χ3n) is 3.98. The molecule has 1 heterocycles. The first kappa shape index (κ1) is 11.3. The van der Waals surface area contributed by atoms with Gasteiger partial charge in [-0.3, -0.25) is 0 Å². The normalized spacial score (nSPS) is 16.2. The molecule has 2 nitrogen and oxygen atoms in total. The van der Waals surface area contributed by atoms with Gasteiger partial charge in [-0.1, -0.05) is 40.2 Å². The van der Waals surface area contributed by atoms with Gasteiger partial charge in [0, 0.05) is 0 Å². The summed E-state index contributed by atoms with van der Waals surface area (Å²) >= 11 is 0. The Morgan fingerprint density at radius 1 is 1.25 bits per heavy atom. The zero-order valence-corrected chi connectivity index (χ0v) is 10.5. The van der Waals surface area contributed by atoms with Crippen LogP contribution < -0.4 is 9.47 Å². The SMILES string of the molecule is CCC(C)(C)C(C)c1ccc2c(c1)OCO2. The molecule has 1 aromatic rings. The molecule has 1 aliphatic heterocycles. The first-order chi connectivity index (χ1) is 7.54. The third-order valence-corrected chi connectivity index (χ3v) is 3.98. The maximum absolute atomic E-state index is 5.41. The van der Waals surface area contributed by atoms with Crippen LogP contribution >= 0.6 is 0 Å². The highest BCUT2D eigenvalue weighted by Crippen LogP contribution is 2.41. The Morgan fingerprint density at radius 2 is 1.94 bits per heavy atom. The number of hydrogen-bond acceptors (Lipinski definition) is 2.